The molecule has 0 aromatic heterocycles. The van der Waals surface area contributed by atoms with Crippen LogP contribution in [0.2, 0.25) is 10.0 Å². The highest BCUT2D eigenvalue weighted by Crippen LogP contribution is 2.25. The van der Waals surface area contributed by atoms with Crippen molar-refractivity contribution in [1.29, 1.82) is 0 Å². The minimum Gasteiger partial charge on any atom is -0.432 e. The van der Waals surface area contributed by atoms with Gasteiger partial charge in [0.2, 0.25) is 0 Å². The van der Waals surface area contributed by atoms with E-state index in [9.17, 15) is 14.4 Å². The van der Waals surface area contributed by atoms with Crippen LogP contribution in [-0.4, -0.2) is 22.3 Å². The van der Waals surface area contributed by atoms with Crippen LogP contribution in [0, 0.1) is 5.82 Å². The molecule has 0 bridgehead atoms. The van der Waals surface area contributed by atoms with Crippen molar-refractivity contribution in [2.45, 2.75) is 0 Å². The van der Waals surface area contributed by atoms with Gasteiger partial charge in [-0.05, 0) is 36.5 Å². The Morgan fingerprint density at radius 1 is 1.18 bits per heavy atom. The van der Waals surface area contributed by atoms with E-state index in [1.807, 2.05) is 0 Å². The third-order valence-electron chi connectivity index (χ3n) is 2.61. The number of anilines is 1. The number of benzene rings is 2. The molecule has 0 spiro atoms. The summed E-state index contributed by atoms with van der Waals surface area (Å²) in [7, 11) is -1.76. The lowest BCUT2D eigenvalue weighted by Gasteiger charge is -2.13. The highest BCUT2D eigenvalue weighted by Gasteiger charge is 2.18. The standard InChI is InChI=1S/C13H9BCl2FNO3S/c15-10-6-11(16)12(5-9(10)14(19)20)18-13(22)21-8-3-1-2-7(17)4-8/h1-6,19-20H,(H,18,22). The molecular weight excluding hydrogens is 351 g/mol. The first-order chi connectivity index (χ1) is 10.4. The van der Waals surface area contributed by atoms with Gasteiger partial charge in [-0.1, -0.05) is 29.3 Å². The number of hydrogen-bond donors (Lipinski definition) is 3. The van der Waals surface area contributed by atoms with E-state index in [0.717, 1.165) is 0 Å². The van der Waals surface area contributed by atoms with E-state index in [1.54, 1.807) is 0 Å². The van der Waals surface area contributed by atoms with Gasteiger partial charge in [0, 0.05) is 16.6 Å². The molecule has 0 aliphatic heterocycles. The normalized spacial score (nSPS) is 10.2. The Balaban J connectivity index is 2.16. The van der Waals surface area contributed by atoms with Crippen LogP contribution >= 0.6 is 35.4 Å². The molecule has 2 aromatic rings. The summed E-state index contributed by atoms with van der Waals surface area (Å²) in [6.07, 6.45) is 0. The van der Waals surface area contributed by atoms with E-state index in [2.05, 4.69) is 5.32 Å². The molecule has 0 saturated carbocycles. The van der Waals surface area contributed by atoms with Gasteiger partial charge < -0.3 is 20.1 Å². The molecule has 2 aromatic carbocycles. The molecule has 0 heterocycles. The molecule has 114 valence electrons. The van der Waals surface area contributed by atoms with Gasteiger partial charge in [-0.25, -0.2) is 4.39 Å². The Hall–Kier alpha value is -1.38. The van der Waals surface area contributed by atoms with Crippen molar-refractivity contribution in [2.24, 2.45) is 0 Å². The average molecular weight is 360 g/mol. The summed E-state index contributed by atoms with van der Waals surface area (Å²) in [5.41, 5.74) is 0.331. The number of thiocarbonyl (C=S) groups is 1. The Kier molecular flexibility index (Phi) is 5.60. The Labute approximate surface area is 141 Å². The lowest BCUT2D eigenvalue weighted by atomic mass is 9.80. The maximum atomic E-state index is 13.1. The van der Waals surface area contributed by atoms with Crippen molar-refractivity contribution < 1.29 is 19.2 Å². The van der Waals surface area contributed by atoms with Crippen LogP contribution in [-0.2, 0) is 0 Å². The van der Waals surface area contributed by atoms with E-state index in [0.29, 0.717) is 0 Å². The lowest BCUT2D eigenvalue weighted by Crippen LogP contribution is -2.31. The second-order valence-electron chi connectivity index (χ2n) is 4.20. The van der Waals surface area contributed by atoms with Gasteiger partial charge in [0.1, 0.15) is 11.6 Å². The predicted molar refractivity (Wildman–Crippen MR) is 89.5 cm³/mol. The molecule has 0 atom stereocenters. The fourth-order valence-electron chi connectivity index (χ4n) is 1.63. The highest BCUT2D eigenvalue weighted by atomic mass is 35.5. The van der Waals surface area contributed by atoms with Crippen LogP contribution in [0.5, 0.6) is 5.75 Å². The van der Waals surface area contributed by atoms with Crippen LogP contribution < -0.4 is 15.5 Å². The molecule has 0 saturated heterocycles. The molecule has 2 rings (SSSR count). The molecule has 0 radical (unpaired) electrons. The van der Waals surface area contributed by atoms with E-state index in [4.69, 9.17) is 40.2 Å². The van der Waals surface area contributed by atoms with E-state index in [-0.39, 0.29) is 32.1 Å². The van der Waals surface area contributed by atoms with Crippen molar-refractivity contribution in [3.05, 3.63) is 52.3 Å². The molecule has 4 nitrogen and oxygen atoms in total. The first-order valence-corrected chi connectivity index (χ1v) is 7.12. The summed E-state index contributed by atoms with van der Waals surface area (Å²) >= 11 is 16.8. The Morgan fingerprint density at radius 2 is 1.91 bits per heavy atom. The summed E-state index contributed by atoms with van der Waals surface area (Å²) in [5, 5.41) is 21.3. The summed E-state index contributed by atoms with van der Waals surface area (Å²) in [6.45, 7) is 0. The summed E-state index contributed by atoms with van der Waals surface area (Å²) in [4.78, 5) is 0. The van der Waals surface area contributed by atoms with Gasteiger partial charge in [0.25, 0.3) is 5.17 Å². The quantitative estimate of drug-likeness (QED) is 0.580. The fourth-order valence-corrected chi connectivity index (χ4v) is 2.37. The van der Waals surface area contributed by atoms with E-state index in [1.165, 1.54) is 36.4 Å². The van der Waals surface area contributed by atoms with Crippen molar-refractivity contribution in [3.63, 3.8) is 0 Å². The van der Waals surface area contributed by atoms with Crippen LogP contribution in [0.3, 0.4) is 0 Å². The van der Waals surface area contributed by atoms with Crippen LogP contribution in [0.15, 0.2) is 36.4 Å². The van der Waals surface area contributed by atoms with Gasteiger partial charge in [-0.2, -0.15) is 0 Å². The first-order valence-electron chi connectivity index (χ1n) is 5.96. The van der Waals surface area contributed by atoms with Crippen molar-refractivity contribution in [1.82, 2.24) is 0 Å². The zero-order valence-corrected chi connectivity index (χ0v) is 13.2. The summed E-state index contributed by atoms with van der Waals surface area (Å²) in [5.74, 6) is -0.250. The molecule has 0 fully saturated rings. The summed E-state index contributed by atoms with van der Waals surface area (Å²) in [6, 6.07) is 8.11. The summed E-state index contributed by atoms with van der Waals surface area (Å²) < 4.78 is 18.3. The van der Waals surface area contributed by atoms with Crippen molar-refractivity contribution in [3.8, 4) is 5.75 Å². The average Bonchev–Trinajstić information content (AvgIpc) is 2.41. The van der Waals surface area contributed by atoms with Gasteiger partial charge in [-0.15, -0.1) is 0 Å². The second-order valence-corrected chi connectivity index (χ2v) is 5.38. The molecule has 0 amide bonds. The SMILES string of the molecule is OB(O)c1cc(NC(=S)Oc2cccc(F)c2)c(Cl)cc1Cl. The fraction of sp³-hybridized carbons (Fsp3) is 0. The number of rotatable bonds is 3. The smallest absolute Gasteiger partial charge is 0.432 e. The second kappa shape index (κ2) is 7.26. The predicted octanol–water partition coefficient (Wildman–Crippen LogP) is 2.59. The lowest BCUT2D eigenvalue weighted by molar-refractivity contribution is 0.426. The monoisotopic (exact) mass is 359 g/mol. The molecule has 0 unspecified atom stereocenters. The number of ether oxygens (including phenoxy) is 1. The van der Waals surface area contributed by atoms with E-state index >= 15 is 0 Å². The molecule has 22 heavy (non-hydrogen) atoms. The minimum absolute atomic E-state index is 0.0575. The number of nitrogens with one attached hydrogen (secondary N) is 1. The van der Waals surface area contributed by atoms with Crippen LogP contribution in [0.25, 0.3) is 0 Å². The number of hydrogen-bond acceptors (Lipinski definition) is 4. The van der Waals surface area contributed by atoms with Crippen molar-refractivity contribution >= 4 is 58.9 Å². The van der Waals surface area contributed by atoms with Gasteiger partial charge >= 0.3 is 7.12 Å². The van der Waals surface area contributed by atoms with Crippen LogP contribution in [0.4, 0.5) is 10.1 Å². The van der Waals surface area contributed by atoms with Crippen molar-refractivity contribution in [2.75, 3.05) is 5.32 Å². The Morgan fingerprint density at radius 3 is 2.55 bits per heavy atom. The van der Waals surface area contributed by atoms with Crippen LogP contribution in [0.1, 0.15) is 0 Å². The largest absolute Gasteiger partial charge is 0.490 e. The zero-order chi connectivity index (χ0) is 16.3. The highest BCUT2D eigenvalue weighted by molar-refractivity contribution is 7.80. The maximum Gasteiger partial charge on any atom is 0.490 e. The first kappa shape index (κ1) is 17.0. The topological polar surface area (TPSA) is 61.7 Å². The number of halogens is 3. The van der Waals surface area contributed by atoms with E-state index < -0.39 is 12.9 Å². The Bertz CT molecular complexity index is 718. The van der Waals surface area contributed by atoms with Gasteiger partial charge in [-0.3, -0.25) is 0 Å². The third kappa shape index (κ3) is 4.31. The molecule has 0 aliphatic rings. The van der Waals surface area contributed by atoms with Gasteiger partial charge in [0.15, 0.2) is 0 Å². The third-order valence-corrected chi connectivity index (χ3v) is 3.43. The zero-order valence-electron chi connectivity index (χ0n) is 10.9. The van der Waals surface area contributed by atoms with Gasteiger partial charge in [0.05, 0.1) is 10.7 Å². The maximum absolute atomic E-state index is 13.1. The molecule has 9 heteroatoms. The molecule has 0 aliphatic carbocycles. The molecular formula is C13H9BCl2FNO3S. The molecule has 3 N–H and O–H groups in total. The minimum atomic E-state index is -1.76.